The largest absolute Gasteiger partial charge is 0.457 e. The molecule has 0 unspecified atom stereocenters. The molecule has 10 aromatic rings. The van der Waals surface area contributed by atoms with Crippen LogP contribution in [0.3, 0.4) is 0 Å². The predicted octanol–water partition coefficient (Wildman–Crippen LogP) is 9.93. The van der Waals surface area contributed by atoms with Crippen LogP contribution in [0.1, 0.15) is 15.9 Å². The monoisotopic (exact) mass is 966 g/mol. The average molecular weight is 967 g/mol. The van der Waals surface area contributed by atoms with Gasteiger partial charge in [0.25, 0.3) is 31.4 Å². The van der Waals surface area contributed by atoms with Crippen LogP contribution in [0.25, 0.3) is 60.9 Å². The number of carbonyl (C=O) groups excluding carboxylic acids is 1. The number of H-pyrrole nitrogens is 1. The third-order valence-electron chi connectivity index (χ3n) is 11.4. The molecule has 10 rings (SSSR count). The third kappa shape index (κ3) is 8.98. The average Bonchev–Trinajstić information content (AvgIpc) is 3.37. The van der Waals surface area contributed by atoms with Crippen LogP contribution in [0.5, 0.6) is 23.0 Å². The summed E-state index contributed by atoms with van der Waals surface area (Å²) in [5.41, 5.74) is 2.46. The van der Waals surface area contributed by atoms with Crippen molar-refractivity contribution < 1.29 is 40.2 Å². The number of ketones is 1. The Morgan fingerprint density at radius 2 is 0.957 bits per heavy atom. The minimum absolute atomic E-state index is 0.181. The van der Waals surface area contributed by atoms with Crippen molar-refractivity contribution in [1.29, 1.82) is 0 Å². The van der Waals surface area contributed by atoms with Crippen molar-refractivity contribution in [3.63, 3.8) is 0 Å². The number of ether oxygens (including phenoxy) is 2. The molecular formula is C53H34N4O11S2. The van der Waals surface area contributed by atoms with Crippen molar-refractivity contribution in [1.82, 2.24) is 20.0 Å². The topological polar surface area (TPSA) is 225 Å². The standard InChI is InChI=1S/C53H34N4O11S2/c58-51(36-6-5-7-42(30-36)69(61,62)63)37-20-29-47(48(31-37)70(64,65)66)57-53(60)46-11-4-2-9-44(46)50(56-57)35-18-27-41(28-19-35)68-39-23-14-33(15-24-39)32-12-21-38(22-13-32)67-40-25-16-34(17-26-40)49-43-8-1-3-10-45(43)52(59)55-54-49/h1-31H,(H,55,59)(H,61,62,63)(H,64,65,66). The highest BCUT2D eigenvalue weighted by Crippen LogP contribution is 2.33. The molecule has 17 heteroatoms. The SMILES string of the molecule is O=C(c1cccc(S(=O)(=O)O)c1)c1ccc(-n2nc(-c3ccc(Oc4ccc(-c5ccc(Oc6ccc(-c7n[nH]c(=O)c8ccccc78)cc6)cc5)cc4)cc3)c3ccccc3c2=O)c(S(=O)(=O)O)c1. The maximum atomic E-state index is 13.9. The summed E-state index contributed by atoms with van der Waals surface area (Å²) >= 11 is 0. The molecule has 8 aromatic carbocycles. The Hall–Kier alpha value is -8.87. The molecule has 3 N–H and O–H groups in total. The fraction of sp³-hybridized carbons (Fsp3) is 0. The minimum atomic E-state index is -5.10. The lowest BCUT2D eigenvalue weighted by atomic mass is 10.0. The van der Waals surface area contributed by atoms with Crippen molar-refractivity contribution in [2.75, 3.05) is 0 Å². The van der Waals surface area contributed by atoms with Crippen LogP contribution in [0.15, 0.2) is 207 Å². The van der Waals surface area contributed by atoms with E-state index in [1.54, 1.807) is 54.6 Å². The number of hydrogen-bond donors (Lipinski definition) is 3. The van der Waals surface area contributed by atoms with Crippen molar-refractivity contribution in [3.8, 4) is 62.3 Å². The lowest BCUT2D eigenvalue weighted by Crippen LogP contribution is -2.24. The molecule has 0 saturated heterocycles. The molecule has 0 amide bonds. The lowest BCUT2D eigenvalue weighted by Gasteiger charge is -2.15. The Bertz CT molecular complexity index is 4050. The fourth-order valence-corrected chi connectivity index (χ4v) is 9.19. The highest BCUT2D eigenvalue weighted by molar-refractivity contribution is 7.86. The second-order valence-corrected chi connectivity index (χ2v) is 18.7. The normalized spacial score (nSPS) is 11.7. The van der Waals surface area contributed by atoms with Crippen LogP contribution in [-0.4, -0.2) is 51.7 Å². The summed E-state index contributed by atoms with van der Waals surface area (Å²) in [5.74, 6) is 1.51. The third-order valence-corrected chi connectivity index (χ3v) is 13.1. The molecule has 2 heterocycles. The second-order valence-electron chi connectivity index (χ2n) is 15.8. The zero-order valence-corrected chi connectivity index (χ0v) is 37.8. The van der Waals surface area contributed by atoms with E-state index in [4.69, 9.17) is 9.47 Å². The molecule has 0 spiro atoms. The van der Waals surface area contributed by atoms with E-state index in [1.165, 1.54) is 18.2 Å². The van der Waals surface area contributed by atoms with Crippen LogP contribution in [0, 0.1) is 0 Å². The summed E-state index contributed by atoms with van der Waals surface area (Å²) in [4.78, 5) is 38.2. The van der Waals surface area contributed by atoms with Gasteiger partial charge in [-0.25, -0.2) is 5.10 Å². The number of nitrogens with one attached hydrogen (secondary N) is 1. The van der Waals surface area contributed by atoms with Gasteiger partial charge in [0, 0.05) is 33.0 Å². The number of rotatable bonds is 12. The molecule has 15 nitrogen and oxygen atoms in total. The van der Waals surface area contributed by atoms with E-state index < -0.39 is 41.4 Å². The van der Waals surface area contributed by atoms with Crippen LogP contribution in [-0.2, 0) is 20.2 Å². The smallest absolute Gasteiger partial charge is 0.296 e. The van der Waals surface area contributed by atoms with E-state index in [0.29, 0.717) is 45.0 Å². The van der Waals surface area contributed by atoms with Gasteiger partial charge >= 0.3 is 0 Å². The van der Waals surface area contributed by atoms with Gasteiger partial charge in [-0.3, -0.25) is 23.5 Å². The van der Waals surface area contributed by atoms with E-state index in [1.807, 2.05) is 91.0 Å². The summed E-state index contributed by atoms with van der Waals surface area (Å²) < 4.78 is 82.0. The van der Waals surface area contributed by atoms with Gasteiger partial charge in [-0.15, -0.1) is 0 Å². The zero-order chi connectivity index (χ0) is 48.7. The quantitative estimate of drug-likeness (QED) is 0.0766. The first-order valence-electron chi connectivity index (χ1n) is 21.2. The van der Waals surface area contributed by atoms with Crippen LogP contribution < -0.4 is 20.6 Å². The van der Waals surface area contributed by atoms with Crippen LogP contribution in [0.4, 0.5) is 0 Å². The van der Waals surface area contributed by atoms with Crippen LogP contribution >= 0.6 is 0 Å². The summed E-state index contributed by atoms with van der Waals surface area (Å²) in [6.45, 7) is 0. The molecule has 70 heavy (non-hydrogen) atoms. The first-order chi connectivity index (χ1) is 33.7. The predicted molar refractivity (Wildman–Crippen MR) is 262 cm³/mol. The van der Waals surface area contributed by atoms with Gasteiger partial charge in [-0.1, -0.05) is 72.8 Å². The Morgan fingerprint density at radius 3 is 1.49 bits per heavy atom. The number of aromatic amines is 1. The van der Waals surface area contributed by atoms with Gasteiger partial charge in [0.1, 0.15) is 27.9 Å². The van der Waals surface area contributed by atoms with Gasteiger partial charge in [0.2, 0.25) is 0 Å². The first-order valence-corrected chi connectivity index (χ1v) is 24.1. The van der Waals surface area contributed by atoms with E-state index in [-0.39, 0.29) is 33.5 Å². The molecule has 344 valence electrons. The molecule has 0 aliphatic rings. The van der Waals surface area contributed by atoms with Gasteiger partial charge in [0.05, 0.1) is 32.7 Å². The molecule has 0 fully saturated rings. The summed E-state index contributed by atoms with van der Waals surface area (Å²) in [5, 5.41) is 13.4. The molecule has 0 atom stereocenters. The second kappa shape index (κ2) is 18.0. The van der Waals surface area contributed by atoms with E-state index in [2.05, 4.69) is 15.3 Å². The van der Waals surface area contributed by atoms with Gasteiger partial charge in [-0.05, 0) is 126 Å². The lowest BCUT2D eigenvalue weighted by molar-refractivity contribution is 0.103. The number of nitrogens with zero attached hydrogens (tertiary/aromatic N) is 3. The van der Waals surface area contributed by atoms with Crippen molar-refractivity contribution in [2.45, 2.75) is 9.79 Å². The molecule has 0 saturated carbocycles. The number of carbonyl (C=O) groups is 1. The Balaban J connectivity index is 0.854. The molecule has 2 aromatic heterocycles. The summed E-state index contributed by atoms with van der Waals surface area (Å²) in [6, 6.07) is 51.2. The Morgan fingerprint density at radius 1 is 0.486 bits per heavy atom. The first kappa shape index (κ1) is 44.9. The summed E-state index contributed by atoms with van der Waals surface area (Å²) in [6.07, 6.45) is 0. The molecule has 0 aliphatic heterocycles. The van der Waals surface area contributed by atoms with Crippen LogP contribution in [0.2, 0.25) is 0 Å². The number of aromatic nitrogens is 4. The maximum absolute atomic E-state index is 13.9. The molecular weight excluding hydrogens is 933 g/mol. The molecule has 0 aliphatic carbocycles. The summed E-state index contributed by atoms with van der Waals surface area (Å²) in [7, 11) is -9.76. The Kier molecular flexibility index (Phi) is 11.5. The van der Waals surface area contributed by atoms with E-state index >= 15 is 0 Å². The minimum Gasteiger partial charge on any atom is -0.457 e. The fourth-order valence-electron chi connectivity index (χ4n) is 7.97. The highest BCUT2D eigenvalue weighted by atomic mass is 32.2. The van der Waals surface area contributed by atoms with E-state index in [0.717, 1.165) is 51.0 Å². The maximum Gasteiger partial charge on any atom is 0.296 e. The van der Waals surface area contributed by atoms with Gasteiger partial charge < -0.3 is 9.47 Å². The Labute approximate surface area is 398 Å². The molecule has 0 radical (unpaired) electrons. The highest BCUT2D eigenvalue weighted by Gasteiger charge is 2.24. The van der Waals surface area contributed by atoms with Gasteiger partial charge in [0.15, 0.2) is 5.78 Å². The van der Waals surface area contributed by atoms with Crippen molar-refractivity contribution in [2.24, 2.45) is 0 Å². The molecule has 0 bridgehead atoms. The number of fused-ring (bicyclic) bond motifs is 2. The number of hydrogen-bond acceptors (Lipinski definition) is 11. The van der Waals surface area contributed by atoms with Crippen molar-refractivity contribution >= 4 is 47.6 Å². The van der Waals surface area contributed by atoms with E-state index in [9.17, 15) is 40.3 Å². The van der Waals surface area contributed by atoms with Crippen molar-refractivity contribution in [3.05, 3.63) is 220 Å². The zero-order valence-electron chi connectivity index (χ0n) is 36.1. The van der Waals surface area contributed by atoms with Gasteiger partial charge in [-0.2, -0.15) is 31.7 Å². The number of benzene rings is 8.